The predicted octanol–water partition coefficient (Wildman–Crippen LogP) is 2.54. The first-order chi connectivity index (χ1) is 5.70. The van der Waals surface area contributed by atoms with Crippen LogP contribution < -0.4 is 0 Å². The van der Waals surface area contributed by atoms with E-state index in [0.717, 1.165) is 11.1 Å². The van der Waals surface area contributed by atoms with Gasteiger partial charge in [0, 0.05) is 0 Å². The predicted molar refractivity (Wildman–Crippen MR) is 44.8 cm³/mol. The fraction of sp³-hybridized carbons (Fsp3) is 0.222. The molecule has 12 heavy (non-hydrogen) atoms. The highest BCUT2D eigenvalue weighted by Gasteiger charge is 2.20. The minimum atomic E-state index is -0.216. The van der Waals surface area contributed by atoms with Gasteiger partial charge in [0.2, 0.25) is 0 Å². The first-order valence-corrected chi connectivity index (χ1v) is 3.76. The first-order valence-electron chi connectivity index (χ1n) is 3.76. The van der Waals surface area contributed by atoms with Crippen molar-refractivity contribution < 1.29 is 4.79 Å². The van der Waals surface area contributed by atoms with Crippen LogP contribution in [-0.2, 0) is 0 Å². The van der Waals surface area contributed by atoms with Gasteiger partial charge in [0.15, 0.2) is 0 Å². The van der Waals surface area contributed by atoms with Crippen molar-refractivity contribution in [1.29, 1.82) is 0 Å². The van der Waals surface area contributed by atoms with Gasteiger partial charge >= 0.3 is 0 Å². The molecule has 0 spiro atoms. The zero-order valence-corrected chi connectivity index (χ0v) is 6.96. The normalized spacial score (nSPS) is 13.7. The number of carbonyl (C=O) groups is 1. The molecule has 0 saturated carbocycles. The van der Waals surface area contributed by atoms with Crippen LogP contribution >= 0.6 is 0 Å². The molecule has 0 unspecified atom stereocenters. The highest BCUT2D eigenvalue weighted by molar-refractivity contribution is 6.03. The number of rotatable bonds is 0. The topological polar surface area (TPSA) is 41.8 Å². The number of nitrogens with zero attached hydrogens (tertiary/aromatic N) is 2. The molecular formula is C9H8N2O. The molecule has 1 aliphatic rings. The second-order valence-corrected chi connectivity index (χ2v) is 2.91. The molecule has 0 radical (unpaired) electrons. The number of azo groups is 1. The Kier molecular flexibility index (Phi) is 1.33. The molecule has 0 N–H and O–H groups in total. The largest absolute Gasteiger partial charge is 0.297 e. The minimum absolute atomic E-state index is 0.216. The maximum atomic E-state index is 11.2. The zero-order valence-electron chi connectivity index (χ0n) is 6.96. The third kappa shape index (κ3) is 0.794. The van der Waals surface area contributed by atoms with Gasteiger partial charge in [-0.2, -0.15) is 0 Å². The standard InChI is InChI=1S/C9H8N2O/c1-5-3-4-7-8(6(5)2)9(12)11-10-7/h3-4H,1-2H3. The highest BCUT2D eigenvalue weighted by Crippen LogP contribution is 2.30. The fourth-order valence-electron chi connectivity index (χ4n) is 1.30. The molecule has 3 heteroatoms. The molecule has 0 bridgehead atoms. The lowest BCUT2D eigenvalue weighted by molar-refractivity contribution is 0.100. The number of aryl methyl sites for hydroxylation is 1. The van der Waals surface area contributed by atoms with Crippen LogP contribution in [0.2, 0.25) is 0 Å². The van der Waals surface area contributed by atoms with Crippen molar-refractivity contribution in [3.8, 4) is 0 Å². The van der Waals surface area contributed by atoms with Crippen molar-refractivity contribution in [3.63, 3.8) is 0 Å². The van der Waals surface area contributed by atoms with Crippen LogP contribution in [0.5, 0.6) is 0 Å². The molecule has 2 rings (SSSR count). The lowest BCUT2D eigenvalue weighted by atomic mass is 10.0. The Hall–Kier alpha value is -1.51. The van der Waals surface area contributed by atoms with Crippen molar-refractivity contribution in [2.75, 3.05) is 0 Å². The maximum absolute atomic E-state index is 11.2. The summed E-state index contributed by atoms with van der Waals surface area (Å²) >= 11 is 0. The number of hydrogen-bond donors (Lipinski definition) is 0. The van der Waals surface area contributed by atoms with Crippen molar-refractivity contribution in [1.82, 2.24) is 0 Å². The van der Waals surface area contributed by atoms with Gasteiger partial charge in [-0.1, -0.05) is 6.07 Å². The molecule has 1 aliphatic heterocycles. The van der Waals surface area contributed by atoms with E-state index in [-0.39, 0.29) is 5.91 Å². The summed E-state index contributed by atoms with van der Waals surface area (Å²) in [5.41, 5.74) is 3.45. The van der Waals surface area contributed by atoms with Crippen molar-refractivity contribution >= 4 is 11.6 Å². The van der Waals surface area contributed by atoms with Gasteiger partial charge in [-0.25, -0.2) is 0 Å². The van der Waals surface area contributed by atoms with Gasteiger partial charge in [0.25, 0.3) is 5.91 Å². The van der Waals surface area contributed by atoms with Crippen molar-refractivity contribution in [2.45, 2.75) is 13.8 Å². The number of fused-ring (bicyclic) bond motifs is 1. The summed E-state index contributed by atoms with van der Waals surface area (Å²) in [7, 11) is 0. The van der Waals surface area contributed by atoms with E-state index in [4.69, 9.17) is 0 Å². The molecule has 0 aliphatic carbocycles. The summed E-state index contributed by atoms with van der Waals surface area (Å²) in [6, 6.07) is 3.78. The molecule has 1 aromatic carbocycles. The van der Waals surface area contributed by atoms with E-state index in [2.05, 4.69) is 10.2 Å². The average Bonchev–Trinajstić information content (AvgIpc) is 2.41. The summed E-state index contributed by atoms with van der Waals surface area (Å²) in [6.45, 7) is 3.89. The second kappa shape index (κ2) is 2.24. The Labute approximate surface area is 70.1 Å². The van der Waals surface area contributed by atoms with E-state index >= 15 is 0 Å². The van der Waals surface area contributed by atoms with Crippen LogP contribution in [0.4, 0.5) is 5.69 Å². The Morgan fingerprint density at radius 2 is 1.92 bits per heavy atom. The molecule has 1 aromatic rings. The van der Waals surface area contributed by atoms with E-state index in [1.165, 1.54) is 0 Å². The molecule has 0 fully saturated rings. The average molecular weight is 160 g/mol. The van der Waals surface area contributed by atoms with E-state index in [9.17, 15) is 4.79 Å². The Morgan fingerprint density at radius 3 is 2.67 bits per heavy atom. The van der Waals surface area contributed by atoms with Gasteiger partial charge in [-0.3, -0.25) is 4.79 Å². The quantitative estimate of drug-likeness (QED) is 0.575. The van der Waals surface area contributed by atoms with Crippen molar-refractivity contribution in [3.05, 3.63) is 28.8 Å². The molecule has 1 amide bonds. The van der Waals surface area contributed by atoms with Crippen LogP contribution in [0.3, 0.4) is 0 Å². The molecular weight excluding hydrogens is 152 g/mol. The lowest BCUT2D eigenvalue weighted by Gasteiger charge is -2.02. The number of carbonyl (C=O) groups excluding carboxylic acids is 1. The fourth-order valence-corrected chi connectivity index (χ4v) is 1.30. The minimum Gasteiger partial charge on any atom is -0.265 e. The van der Waals surface area contributed by atoms with E-state index < -0.39 is 0 Å². The van der Waals surface area contributed by atoms with E-state index in [1.54, 1.807) is 0 Å². The van der Waals surface area contributed by atoms with E-state index in [1.807, 2.05) is 26.0 Å². The zero-order chi connectivity index (χ0) is 8.72. The van der Waals surface area contributed by atoms with Crippen LogP contribution in [0.15, 0.2) is 22.4 Å². The van der Waals surface area contributed by atoms with Crippen LogP contribution in [-0.4, -0.2) is 5.91 Å². The first kappa shape index (κ1) is 7.16. The van der Waals surface area contributed by atoms with Gasteiger partial charge < -0.3 is 0 Å². The Morgan fingerprint density at radius 1 is 1.17 bits per heavy atom. The number of benzene rings is 1. The highest BCUT2D eigenvalue weighted by atomic mass is 16.2. The molecule has 60 valence electrons. The Balaban J connectivity index is 2.76. The van der Waals surface area contributed by atoms with Crippen LogP contribution in [0, 0.1) is 13.8 Å². The second-order valence-electron chi connectivity index (χ2n) is 2.91. The monoisotopic (exact) mass is 160 g/mol. The SMILES string of the molecule is Cc1ccc2c(c1C)C(=O)N=N2. The van der Waals surface area contributed by atoms with E-state index in [0.29, 0.717) is 11.3 Å². The lowest BCUT2D eigenvalue weighted by Crippen LogP contribution is -1.95. The van der Waals surface area contributed by atoms with Gasteiger partial charge in [-0.15, -0.1) is 10.2 Å². The maximum Gasteiger partial charge on any atom is 0.297 e. The van der Waals surface area contributed by atoms with Gasteiger partial charge in [0.05, 0.1) is 11.3 Å². The summed E-state index contributed by atoms with van der Waals surface area (Å²) in [5.74, 6) is -0.216. The summed E-state index contributed by atoms with van der Waals surface area (Å²) in [4.78, 5) is 11.2. The third-order valence-corrected chi connectivity index (χ3v) is 2.18. The molecule has 0 aromatic heterocycles. The molecule has 1 heterocycles. The third-order valence-electron chi connectivity index (χ3n) is 2.18. The van der Waals surface area contributed by atoms with Gasteiger partial charge in [0.1, 0.15) is 0 Å². The van der Waals surface area contributed by atoms with Gasteiger partial charge in [-0.05, 0) is 31.0 Å². The molecule has 0 saturated heterocycles. The van der Waals surface area contributed by atoms with Crippen LogP contribution in [0.25, 0.3) is 0 Å². The summed E-state index contributed by atoms with van der Waals surface area (Å²) in [5, 5.41) is 7.25. The Bertz CT molecular complexity index is 394. The number of amides is 1. The van der Waals surface area contributed by atoms with Crippen LogP contribution in [0.1, 0.15) is 21.5 Å². The summed E-state index contributed by atoms with van der Waals surface area (Å²) < 4.78 is 0. The van der Waals surface area contributed by atoms with Crippen molar-refractivity contribution in [2.24, 2.45) is 10.2 Å². The summed E-state index contributed by atoms with van der Waals surface area (Å²) in [6.07, 6.45) is 0. The number of hydrogen-bond acceptors (Lipinski definition) is 2. The molecule has 0 atom stereocenters. The molecule has 3 nitrogen and oxygen atoms in total. The smallest absolute Gasteiger partial charge is 0.265 e.